The number of thiophene rings is 1. The number of anilines is 1. The van der Waals surface area contributed by atoms with Gasteiger partial charge < -0.3 is 19.3 Å². The van der Waals surface area contributed by atoms with Crippen LogP contribution in [-0.2, 0) is 11.3 Å². The van der Waals surface area contributed by atoms with Crippen LogP contribution in [0, 0.1) is 0 Å². The van der Waals surface area contributed by atoms with Gasteiger partial charge in [-0.3, -0.25) is 5.32 Å². The van der Waals surface area contributed by atoms with Crippen LogP contribution < -0.4 is 14.8 Å². The fourth-order valence-electron chi connectivity index (χ4n) is 2.70. The van der Waals surface area contributed by atoms with Crippen LogP contribution in [0.25, 0.3) is 10.4 Å². The number of carboxylic acids is 1. The first-order valence-electron chi connectivity index (χ1n) is 8.35. The molecule has 2 N–H and O–H groups in total. The minimum atomic E-state index is -1.13. The largest absolute Gasteiger partial charge is 0.477 e. The van der Waals surface area contributed by atoms with E-state index < -0.39 is 12.1 Å². The molecule has 8 heteroatoms. The van der Waals surface area contributed by atoms with Crippen LogP contribution in [0.2, 0.25) is 0 Å². The van der Waals surface area contributed by atoms with Crippen molar-refractivity contribution in [1.29, 1.82) is 0 Å². The summed E-state index contributed by atoms with van der Waals surface area (Å²) in [6.07, 6.45) is -0.721. The number of nitrogens with one attached hydrogen (secondary N) is 1. The predicted molar refractivity (Wildman–Crippen MR) is 103 cm³/mol. The third kappa shape index (κ3) is 3.77. The van der Waals surface area contributed by atoms with Gasteiger partial charge in [-0.25, -0.2) is 9.59 Å². The van der Waals surface area contributed by atoms with Gasteiger partial charge in [0.25, 0.3) is 0 Å². The Balaban J connectivity index is 1.52. The van der Waals surface area contributed by atoms with Crippen molar-refractivity contribution >= 4 is 29.1 Å². The molecule has 7 nitrogen and oxygen atoms in total. The lowest BCUT2D eigenvalue weighted by Gasteiger charge is -2.06. The molecule has 0 bridgehead atoms. The van der Waals surface area contributed by atoms with E-state index >= 15 is 0 Å². The average Bonchev–Trinajstić information content (AvgIpc) is 3.33. The number of carbonyl (C=O) groups is 2. The van der Waals surface area contributed by atoms with E-state index in [0.717, 1.165) is 22.5 Å². The minimum Gasteiger partial charge on any atom is -0.477 e. The summed E-state index contributed by atoms with van der Waals surface area (Å²) in [5.74, 6) is 0.108. The topological polar surface area (TPSA) is 94.1 Å². The number of ether oxygens (including phenoxy) is 3. The summed E-state index contributed by atoms with van der Waals surface area (Å²) >= 11 is 1.06. The smallest absolute Gasteiger partial charge is 0.412 e. The molecule has 0 aliphatic carbocycles. The normalized spacial score (nSPS) is 11.9. The van der Waals surface area contributed by atoms with E-state index in [-0.39, 0.29) is 24.0 Å². The Bertz CT molecular complexity index is 1030. The van der Waals surface area contributed by atoms with Crippen LogP contribution in [0.15, 0.2) is 54.6 Å². The van der Waals surface area contributed by atoms with E-state index in [1.807, 2.05) is 36.4 Å². The van der Waals surface area contributed by atoms with Gasteiger partial charge in [0.15, 0.2) is 11.5 Å². The molecule has 0 unspecified atom stereocenters. The first-order valence-corrected chi connectivity index (χ1v) is 9.16. The highest BCUT2D eigenvalue weighted by Gasteiger charge is 2.20. The van der Waals surface area contributed by atoms with E-state index in [2.05, 4.69) is 5.32 Å². The molecule has 28 heavy (non-hydrogen) atoms. The van der Waals surface area contributed by atoms with Gasteiger partial charge in [0.2, 0.25) is 6.79 Å². The zero-order chi connectivity index (χ0) is 19.5. The highest BCUT2D eigenvalue weighted by atomic mass is 32.1. The molecule has 2 aromatic carbocycles. The molecule has 0 radical (unpaired) electrons. The van der Waals surface area contributed by atoms with Crippen molar-refractivity contribution in [3.8, 4) is 21.9 Å². The van der Waals surface area contributed by atoms with Gasteiger partial charge in [-0.2, -0.15) is 0 Å². The maximum absolute atomic E-state index is 12.1. The summed E-state index contributed by atoms with van der Waals surface area (Å²) in [5, 5.41) is 12.0. The minimum absolute atomic E-state index is 0.0179. The Morgan fingerprint density at radius 3 is 2.64 bits per heavy atom. The molecule has 1 aromatic heterocycles. The second-order valence-corrected chi connectivity index (χ2v) is 6.97. The van der Waals surface area contributed by atoms with Crippen LogP contribution in [0.3, 0.4) is 0 Å². The number of hydrogen-bond acceptors (Lipinski definition) is 6. The van der Waals surface area contributed by atoms with Crippen molar-refractivity contribution in [3.05, 3.63) is 65.0 Å². The van der Waals surface area contributed by atoms with Crippen LogP contribution >= 0.6 is 11.3 Å². The van der Waals surface area contributed by atoms with E-state index in [4.69, 9.17) is 14.2 Å². The van der Waals surface area contributed by atoms with Gasteiger partial charge in [0.05, 0.1) is 5.69 Å². The predicted octanol–water partition coefficient (Wildman–Crippen LogP) is 4.59. The van der Waals surface area contributed by atoms with Crippen molar-refractivity contribution in [2.24, 2.45) is 0 Å². The fourth-order valence-corrected chi connectivity index (χ4v) is 3.65. The zero-order valence-corrected chi connectivity index (χ0v) is 15.3. The van der Waals surface area contributed by atoms with Crippen molar-refractivity contribution < 1.29 is 28.9 Å². The summed E-state index contributed by atoms with van der Waals surface area (Å²) in [7, 11) is 0. The molecule has 3 aromatic rings. The highest BCUT2D eigenvalue weighted by Crippen LogP contribution is 2.40. The summed E-state index contributed by atoms with van der Waals surface area (Å²) in [6.45, 7) is 0.248. The molecule has 142 valence electrons. The van der Waals surface area contributed by atoms with E-state index in [1.165, 1.54) is 0 Å². The number of hydrogen-bond donors (Lipinski definition) is 2. The molecule has 0 saturated heterocycles. The number of rotatable bonds is 5. The molecule has 1 aliphatic rings. The van der Waals surface area contributed by atoms with Crippen molar-refractivity contribution in [3.63, 3.8) is 0 Å². The SMILES string of the molecule is O=C(Nc1cc(-c2ccc3c(c2)OCO3)sc1C(=O)O)OCc1ccccc1. The Hall–Kier alpha value is -3.52. The van der Waals surface area contributed by atoms with Gasteiger partial charge in [-0.15, -0.1) is 11.3 Å². The highest BCUT2D eigenvalue weighted by molar-refractivity contribution is 7.18. The van der Waals surface area contributed by atoms with E-state index in [0.29, 0.717) is 16.4 Å². The maximum atomic E-state index is 12.1. The van der Waals surface area contributed by atoms with Crippen LogP contribution in [0.4, 0.5) is 10.5 Å². The second kappa shape index (κ2) is 7.61. The molecule has 1 amide bonds. The molecule has 0 saturated carbocycles. The van der Waals surface area contributed by atoms with E-state index in [9.17, 15) is 14.7 Å². The summed E-state index contributed by atoms with van der Waals surface area (Å²) < 4.78 is 15.8. The first-order chi connectivity index (χ1) is 13.6. The lowest BCUT2D eigenvalue weighted by molar-refractivity contribution is 0.0703. The zero-order valence-electron chi connectivity index (χ0n) is 14.5. The quantitative estimate of drug-likeness (QED) is 0.654. The summed E-state index contributed by atoms with van der Waals surface area (Å²) in [4.78, 5) is 24.4. The number of benzene rings is 2. The Labute approximate surface area is 164 Å². The van der Waals surface area contributed by atoms with Crippen LogP contribution in [0.5, 0.6) is 11.5 Å². The molecule has 0 atom stereocenters. The fraction of sp³-hybridized carbons (Fsp3) is 0.100. The second-order valence-electron chi connectivity index (χ2n) is 5.91. The van der Waals surface area contributed by atoms with Crippen molar-refractivity contribution in [2.75, 3.05) is 12.1 Å². The number of aromatic carboxylic acids is 1. The molecule has 2 heterocycles. The van der Waals surface area contributed by atoms with Gasteiger partial charge in [0.1, 0.15) is 11.5 Å². The molecular formula is C20H15NO6S. The third-order valence-corrected chi connectivity index (χ3v) is 5.21. The Kier molecular flexibility index (Phi) is 4.86. The standard InChI is InChI=1S/C20H15NO6S/c22-19(23)18-14(21-20(24)25-10-12-4-2-1-3-5-12)9-17(28-18)13-6-7-15-16(8-13)27-11-26-15/h1-9H,10-11H2,(H,21,24)(H,22,23). The Morgan fingerprint density at radius 1 is 1.07 bits per heavy atom. The molecule has 0 spiro atoms. The third-order valence-electron chi connectivity index (χ3n) is 4.03. The van der Waals surface area contributed by atoms with Crippen molar-refractivity contribution in [2.45, 2.75) is 6.61 Å². The average molecular weight is 397 g/mol. The summed E-state index contributed by atoms with van der Waals surface area (Å²) in [6, 6.07) is 16.2. The van der Waals surface area contributed by atoms with Crippen LogP contribution in [0.1, 0.15) is 15.2 Å². The monoisotopic (exact) mass is 397 g/mol. The number of carbonyl (C=O) groups excluding carboxylic acids is 1. The van der Waals surface area contributed by atoms with Crippen LogP contribution in [-0.4, -0.2) is 24.0 Å². The Morgan fingerprint density at radius 2 is 1.86 bits per heavy atom. The molecular weight excluding hydrogens is 382 g/mol. The molecule has 4 rings (SSSR count). The van der Waals surface area contributed by atoms with Gasteiger partial charge >= 0.3 is 12.1 Å². The lowest BCUT2D eigenvalue weighted by Crippen LogP contribution is -2.14. The molecule has 1 aliphatic heterocycles. The van der Waals surface area contributed by atoms with E-state index in [1.54, 1.807) is 18.2 Å². The van der Waals surface area contributed by atoms with Gasteiger partial charge in [-0.1, -0.05) is 30.3 Å². The summed E-state index contributed by atoms with van der Waals surface area (Å²) in [5.41, 5.74) is 1.79. The first kappa shape index (κ1) is 17.9. The van der Waals surface area contributed by atoms with Gasteiger partial charge in [-0.05, 0) is 35.4 Å². The molecule has 0 fully saturated rings. The maximum Gasteiger partial charge on any atom is 0.412 e. The number of carboxylic acid groups (broad SMARTS) is 1. The number of amides is 1. The number of fused-ring (bicyclic) bond motifs is 1. The lowest BCUT2D eigenvalue weighted by atomic mass is 10.1. The van der Waals surface area contributed by atoms with Crippen molar-refractivity contribution in [1.82, 2.24) is 0 Å². The van der Waals surface area contributed by atoms with Gasteiger partial charge in [0, 0.05) is 4.88 Å².